The van der Waals surface area contributed by atoms with E-state index in [0.29, 0.717) is 5.56 Å². The van der Waals surface area contributed by atoms with Crippen LogP contribution in [-0.4, -0.2) is 28.2 Å². The first-order valence-corrected chi connectivity index (χ1v) is 5.14. The van der Waals surface area contributed by atoms with E-state index in [9.17, 15) is 10.1 Å². The maximum Gasteiger partial charge on any atom is 0.488 e. The van der Waals surface area contributed by atoms with Crippen LogP contribution in [0, 0.1) is 17.0 Å². The van der Waals surface area contributed by atoms with Crippen molar-refractivity contribution in [2.45, 2.75) is 26.9 Å². The molecule has 0 fully saturated rings. The van der Waals surface area contributed by atoms with Crippen molar-refractivity contribution in [2.24, 2.45) is 0 Å². The number of nitrogens with zero attached hydrogens (tertiary/aromatic N) is 1. The molecule has 7 heteroatoms. The summed E-state index contributed by atoms with van der Waals surface area (Å²) in [7, 11) is -1.68. The summed E-state index contributed by atoms with van der Waals surface area (Å²) in [6, 6.07) is 2.56. The molecule has 0 aliphatic carbocycles. The Morgan fingerprint density at radius 1 is 1.41 bits per heavy atom. The van der Waals surface area contributed by atoms with Gasteiger partial charge in [0.25, 0.3) is 0 Å². The fraction of sp³-hybridized carbons (Fsp3) is 0.400. The smallest absolute Gasteiger partial charge is 0.484 e. The third-order valence-electron chi connectivity index (χ3n) is 2.19. The lowest BCUT2D eigenvalue weighted by Gasteiger charge is -2.13. The molecular weight excluding hydrogens is 225 g/mol. The molecule has 0 radical (unpaired) electrons. The van der Waals surface area contributed by atoms with Gasteiger partial charge in [-0.25, -0.2) is 0 Å². The zero-order valence-electron chi connectivity index (χ0n) is 9.88. The Morgan fingerprint density at radius 3 is 2.41 bits per heavy atom. The fourth-order valence-electron chi connectivity index (χ4n) is 1.46. The molecular formula is C10H14BNO5. The highest BCUT2D eigenvalue weighted by molar-refractivity contribution is 6.59. The van der Waals surface area contributed by atoms with Crippen LogP contribution in [0.2, 0.25) is 0 Å². The second-order valence-electron chi connectivity index (χ2n) is 3.97. The Balaban J connectivity index is 3.31. The highest BCUT2D eigenvalue weighted by Crippen LogP contribution is 2.27. The SMILES string of the molecule is Cc1cc([N+](=O)[O-])c(OC(C)C)cc1B(O)O. The summed E-state index contributed by atoms with van der Waals surface area (Å²) < 4.78 is 5.29. The number of benzene rings is 1. The van der Waals surface area contributed by atoms with Gasteiger partial charge in [-0.2, -0.15) is 0 Å². The second kappa shape index (κ2) is 5.16. The molecule has 0 saturated heterocycles. The minimum absolute atomic E-state index is 0.0405. The molecule has 1 aromatic carbocycles. The van der Waals surface area contributed by atoms with Gasteiger partial charge in [-0.05, 0) is 37.9 Å². The van der Waals surface area contributed by atoms with Gasteiger partial charge in [0.15, 0.2) is 5.75 Å². The summed E-state index contributed by atoms with van der Waals surface area (Å²) in [6.07, 6.45) is -0.236. The average Bonchev–Trinajstić information content (AvgIpc) is 2.18. The van der Waals surface area contributed by atoms with Gasteiger partial charge in [-0.3, -0.25) is 10.1 Å². The molecule has 0 unspecified atom stereocenters. The summed E-state index contributed by atoms with van der Waals surface area (Å²) in [5.74, 6) is 0.0405. The topological polar surface area (TPSA) is 92.8 Å². The van der Waals surface area contributed by atoms with E-state index < -0.39 is 12.0 Å². The van der Waals surface area contributed by atoms with Crippen molar-refractivity contribution in [2.75, 3.05) is 0 Å². The van der Waals surface area contributed by atoms with Gasteiger partial charge >= 0.3 is 12.8 Å². The lowest BCUT2D eigenvalue weighted by atomic mass is 9.77. The van der Waals surface area contributed by atoms with E-state index in [0.717, 1.165) is 0 Å². The van der Waals surface area contributed by atoms with E-state index in [1.807, 2.05) is 0 Å². The molecule has 0 aliphatic rings. The van der Waals surface area contributed by atoms with E-state index in [2.05, 4.69) is 0 Å². The van der Waals surface area contributed by atoms with Gasteiger partial charge in [0.05, 0.1) is 11.0 Å². The highest BCUT2D eigenvalue weighted by Gasteiger charge is 2.23. The van der Waals surface area contributed by atoms with E-state index >= 15 is 0 Å². The summed E-state index contributed by atoms with van der Waals surface area (Å²) in [5, 5.41) is 29.1. The van der Waals surface area contributed by atoms with Crippen LogP contribution in [-0.2, 0) is 0 Å². The number of hydrogen-bond acceptors (Lipinski definition) is 5. The first kappa shape index (κ1) is 13.5. The predicted molar refractivity (Wildman–Crippen MR) is 63.4 cm³/mol. The summed E-state index contributed by atoms with van der Waals surface area (Å²) in [4.78, 5) is 10.3. The van der Waals surface area contributed by atoms with Crippen molar-refractivity contribution in [3.05, 3.63) is 27.8 Å². The van der Waals surface area contributed by atoms with Crippen LogP contribution in [0.4, 0.5) is 5.69 Å². The molecule has 92 valence electrons. The Hall–Kier alpha value is -1.60. The second-order valence-corrected chi connectivity index (χ2v) is 3.97. The van der Waals surface area contributed by atoms with Crippen LogP contribution in [0.1, 0.15) is 19.4 Å². The van der Waals surface area contributed by atoms with Crippen LogP contribution in [0.15, 0.2) is 12.1 Å². The van der Waals surface area contributed by atoms with Gasteiger partial charge in [0.1, 0.15) is 0 Å². The third kappa shape index (κ3) is 3.18. The Kier molecular flexibility index (Phi) is 4.09. The van der Waals surface area contributed by atoms with Crippen LogP contribution in [0.25, 0.3) is 0 Å². The lowest BCUT2D eigenvalue weighted by molar-refractivity contribution is -0.386. The van der Waals surface area contributed by atoms with Gasteiger partial charge in [0.2, 0.25) is 0 Å². The molecule has 6 nitrogen and oxygen atoms in total. The predicted octanol–water partition coefficient (Wildman–Crippen LogP) is 0.370. The molecule has 1 rings (SSSR count). The largest absolute Gasteiger partial charge is 0.488 e. The summed E-state index contributed by atoms with van der Waals surface area (Å²) in [5.41, 5.74) is 0.453. The van der Waals surface area contributed by atoms with Gasteiger partial charge in [-0.1, -0.05) is 0 Å². The molecule has 0 amide bonds. The van der Waals surface area contributed by atoms with Gasteiger partial charge in [0, 0.05) is 6.07 Å². The lowest BCUT2D eigenvalue weighted by Crippen LogP contribution is -2.32. The first-order chi connectivity index (χ1) is 7.82. The van der Waals surface area contributed by atoms with Crippen molar-refractivity contribution in [3.63, 3.8) is 0 Å². The van der Waals surface area contributed by atoms with Gasteiger partial charge in [-0.15, -0.1) is 0 Å². The monoisotopic (exact) mass is 239 g/mol. The van der Waals surface area contributed by atoms with E-state index in [1.165, 1.54) is 12.1 Å². The maximum absolute atomic E-state index is 10.8. The molecule has 1 aromatic rings. The Bertz CT molecular complexity index is 433. The van der Waals surface area contributed by atoms with Crippen molar-refractivity contribution in [1.82, 2.24) is 0 Å². The zero-order chi connectivity index (χ0) is 13.2. The normalized spacial score (nSPS) is 10.5. The van der Waals surface area contributed by atoms with Crippen LogP contribution < -0.4 is 10.2 Å². The molecule has 0 saturated carbocycles. The van der Waals surface area contributed by atoms with Crippen LogP contribution in [0.5, 0.6) is 5.75 Å². The van der Waals surface area contributed by atoms with Crippen molar-refractivity contribution < 1.29 is 19.7 Å². The molecule has 0 aromatic heterocycles. The van der Waals surface area contributed by atoms with Crippen LogP contribution in [0.3, 0.4) is 0 Å². The molecule has 0 spiro atoms. The molecule has 0 bridgehead atoms. The van der Waals surface area contributed by atoms with E-state index in [1.54, 1.807) is 20.8 Å². The number of nitro groups is 1. The van der Waals surface area contributed by atoms with Crippen molar-refractivity contribution in [3.8, 4) is 5.75 Å². The van der Waals surface area contributed by atoms with Gasteiger partial charge < -0.3 is 14.8 Å². The van der Waals surface area contributed by atoms with Crippen molar-refractivity contribution >= 4 is 18.3 Å². The number of nitro benzene ring substituents is 1. The van der Waals surface area contributed by atoms with Crippen LogP contribution >= 0.6 is 0 Å². The average molecular weight is 239 g/mol. The standard InChI is InChI=1S/C10H14BNO5/c1-6(2)17-10-5-8(11(13)14)7(3)4-9(10)12(15)16/h4-6,13-14H,1-3H3. The maximum atomic E-state index is 10.8. The first-order valence-electron chi connectivity index (χ1n) is 5.14. The highest BCUT2D eigenvalue weighted by atomic mass is 16.6. The minimum Gasteiger partial charge on any atom is -0.484 e. The third-order valence-corrected chi connectivity index (χ3v) is 2.19. The fourth-order valence-corrected chi connectivity index (χ4v) is 1.46. The number of ether oxygens (including phenoxy) is 1. The summed E-state index contributed by atoms with van der Waals surface area (Å²) >= 11 is 0. The van der Waals surface area contributed by atoms with E-state index in [4.69, 9.17) is 14.8 Å². The van der Waals surface area contributed by atoms with Crippen molar-refractivity contribution in [1.29, 1.82) is 0 Å². The molecule has 0 heterocycles. The number of hydrogen-bond donors (Lipinski definition) is 2. The quantitative estimate of drug-likeness (QED) is 0.449. The molecule has 0 aliphatic heterocycles. The molecule has 2 N–H and O–H groups in total. The zero-order valence-corrected chi connectivity index (χ0v) is 9.88. The molecule has 0 atom stereocenters. The molecule has 17 heavy (non-hydrogen) atoms. The Morgan fingerprint density at radius 2 is 2.00 bits per heavy atom. The minimum atomic E-state index is -1.68. The Labute approximate surface area is 99.1 Å². The van der Waals surface area contributed by atoms with E-state index in [-0.39, 0.29) is 23.0 Å². The number of aryl methyl sites for hydroxylation is 1. The number of rotatable bonds is 4. The summed E-state index contributed by atoms with van der Waals surface area (Å²) in [6.45, 7) is 5.04.